The van der Waals surface area contributed by atoms with Crippen molar-refractivity contribution in [2.24, 2.45) is 0 Å². The van der Waals surface area contributed by atoms with E-state index >= 15 is 0 Å². The van der Waals surface area contributed by atoms with Crippen LogP contribution in [0.3, 0.4) is 0 Å². The fourth-order valence-electron chi connectivity index (χ4n) is 1.80. The maximum absolute atomic E-state index is 12.2. The second-order valence-corrected chi connectivity index (χ2v) is 6.02. The molecule has 0 aliphatic carbocycles. The van der Waals surface area contributed by atoms with Gasteiger partial charge in [-0.15, -0.1) is 0 Å². The van der Waals surface area contributed by atoms with Crippen LogP contribution in [0.2, 0.25) is 5.02 Å². The summed E-state index contributed by atoms with van der Waals surface area (Å²) in [7, 11) is 0. The molecule has 0 aromatic heterocycles. The number of carbonyl (C=O) groups is 1. The molecule has 2 aromatic rings. The Morgan fingerprint density at radius 1 is 1.29 bits per heavy atom. The molecule has 0 aliphatic heterocycles. The molecule has 2 aromatic carbocycles. The third-order valence-corrected chi connectivity index (χ3v) is 3.65. The number of rotatable bonds is 4. The van der Waals surface area contributed by atoms with Crippen molar-refractivity contribution in [3.63, 3.8) is 0 Å². The lowest BCUT2D eigenvalue weighted by Gasteiger charge is -2.16. The summed E-state index contributed by atoms with van der Waals surface area (Å²) in [5.41, 5.74) is 1.75. The Bertz CT molecular complexity index is 660. The summed E-state index contributed by atoms with van der Waals surface area (Å²) in [6, 6.07) is 12.6. The Balaban J connectivity index is 2.02. The summed E-state index contributed by atoms with van der Waals surface area (Å²) in [6.45, 7) is 3.63. The Morgan fingerprint density at radius 2 is 2.05 bits per heavy atom. The van der Waals surface area contributed by atoms with E-state index in [1.54, 1.807) is 31.2 Å². The molecule has 0 unspecified atom stereocenters. The van der Waals surface area contributed by atoms with Crippen molar-refractivity contribution in [3.05, 3.63) is 57.5 Å². The third kappa shape index (κ3) is 4.48. The van der Waals surface area contributed by atoms with Gasteiger partial charge in [0.05, 0.1) is 0 Å². The van der Waals surface area contributed by atoms with E-state index in [0.29, 0.717) is 10.8 Å². The molecule has 21 heavy (non-hydrogen) atoms. The van der Waals surface area contributed by atoms with Crippen LogP contribution in [-0.4, -0.2) is 12.0 Å². The molecule has 5 heteroatoms. The third-order valence-electron chi connectivity index (χ3n) is 2.92. The van der Waals surface area contributed by atoms with Crippen molar-refractivity contribution in [1.29, 1.82) is 0 Å². The van der Waals surface area contributed by atoms with Gasteiger partial charge in [0, 0.05) is 15.2 Å². The van der Waals surface area contributed by atoms with Gasteiger partial charge in [0.15, 0.2) is 6.10 Å². The Labute approximate surface area is 137 Å². The van der Waals surface area contributed by atoms with Crippen LogP contribution in [0.5, 0.6) is 5.75 Å². The number of halogens is 2. The van der Waals surface area contributed by atoms with E-state index in [9.17, 15) is 4.79 Å². The summed E-state index contributed by atoms with van der Waals surface area (Å²) in [4.78, 5) is 12.2. The highest BCUT2D eigenvalue weighted by molar-refractivity contribution is 9.10. The number of hydrogen-bond acceptors (Lipinski definition) is 2. The molecule has 0 spiro atoms. The molecule has 0 heterocycles. The lowest BCUT2D eigenvalue weighted by molar-refractivity contribution is -0.122. The summed E-state index contributed by atoms with van der Waals surface area (Å²) in [5, 5.41) is 3.43. The van der Waals surface area contributed by atoms with Gasteiger partial charge < -0.3 is 10.1 Å². The van der Waals surface area contributed by atoms with Gasteiger partial charge in [-0.3, -0.25) is 4.79 Å². The van der Waals surface area contributed by atoms with Crippen molar-refractivity contribution in [2.75, 3.05) is 5.32 Å². The zero-order chi connectivity index (χ0) is 15.4. The maximum Gasteiger partial charge on any atom is 0.265 e. The topological polar surface area (TPSA) is 38.3 Å². The minimum absolute atomic E-state index is 0.208. The first kappa shape index (κ1) is 15.9. The molecule has 1 atom stereocenters. The number of nitrogens with one attached hydrogen (secondary N) is 1. The fourth-order valence-corrected chi connectivity index (χ4v) is 2.46. The molecule has 1 N–H and O–H groups in total. The SMILES string of the molecule is Cc1cc(Br)ccc1NC(=O)[C@H](C)Oc1cccc(Cl)c1. The quantitative estimate of drug-likeness (QED) is 0.840. The molecular formula is C16H15BrClNO2. The van der Waals surface area contributed by atoms with E-state index < -0.39 is 6.10 Å². The van der Waals surface area contributed by atoms with Crippen LogP contribution in [0.15, 0.2) is 46.9 Å². The van der Waals surface area contributed by atoms with E-state index in [4.69, 9.17) is 16.3 Å². The van der Waals surface area contributed by atoms with Crippen molar-refractivity contribution in [2.45, 2.75) is 20.0 Å². The van der Waals surface area contributed by atoms with Crippen LogP contribution in [0.1, 0.15) is 12.5 Å². The number of carbonyl (C=O) groups excluding carboxylic acids is 1. The zero-order valence-corrected chi connectivity index (χ0v) is 14.0. The van der Waals surface area contributed by atoms with Crippen molar-refractivity contribution in [3.8, 4) is 5.75 Å². The second-order valence-electron chi connectivity index (χ2n) is 4.67. The van der Waals surface area contributed by atoms with Gasteiger partial charge in [0.1, 0.15) is 5.75 Å². The number of hydrogen-bond donors (Lipinski definition) is 1. The van der Waals surface area contributed by atoms with Gasteiger partial charge in [-0.2, -0.15) is 0 Å². The normalized spacial score (nSPS) is 11.8. The van der Waals surface area contributed by atoms with E-state index in [-0.39, 0.29) is 5.91 Å². The van der Waals surface area contributed by atoms with Crippen LogP contribution in [0.4, 0.5) is 5.69 Å². The molecule has 3 nitrogen and oxygen atoms in total. The minimum Gasteiger partial charge on any atom is -0.481 e. The molecule has 0 saturated heterocycles. The van der Waals surface area contributed by atoms with Crippen molar-refractivity contribution >= 4 is 39.1 Å². The van der Waals surface area contributed by atoms with Gasteiger partial charge in [0.25, 0.3) is 5.91 Å². The van der Waals surface area contributed by atoms with E-state index in [1.807, 2.05) is 25.1 Å². The van der Waals surface area contributed by atoms with Gasteiger partial charge in [-0.25, -0.2) is 0 Å². The molecule has 0 saturated carbocycles. The molecule has 0 radical (unpaired) electrons. The number of aryl methyl sites for hydroxylation is 1. The van der Waals surface area contributed by atoms with Crippen molar-refractivity contribution < 1.29 is 9.53 Å². The first-order valence-corrected chi connectivity index (χ1v) is 7.62. The van der Waals surface area contributed by atoms with Crippen molar-refractivity contribution in [1.82, 2.24) is 0 Å². The summed E-state index contributed by atoms with van der Waals surface area (Å²) < 4.78 is 6.56. The Kier molecular flexibility index (Phi) is 5.26. The largest absolute Gasteiger partial charge is 0.481 e. The molecule has 0 bridgehead atoms. The van der Waals surface area contributed by atoms with Crippen LogP contribution in [0.25, 0.3) is 0 Å². The highest BCUT2D eigenvalue weighted by Gasteiger charge is 2.15. The zero-order valence-electron chi connectivity index (χ0n) is 11.7. The highest BCUT2D eigenvalue weighted by atomic mass is 79.9. The lowest BCUT2D eigenvalue weighted by atomic mass is 10.2. The van der Waals surface area contributed by atoms with Crippen LogP contribution in [-0.2, 0) is 4.79 Å². The second kappa shape index (κ2) is 6.96. The molecule has 0 aliphatic rings. The summed E-state index contributed by atoms with van der Waals surface area (Å²) in [5.74, 6) is 0.359. The molecule has 2 rings (SSSR count). The number of amides is 1. The fraction of sp³-hybridized carbons (Fsp3) is 0.188. The predicted molar refractivity (Wildman–Crippen MR) is 89.1 cm³/mol. The van der Waals surface area contributed by atoms with E-state index in [0.717, 1.165) is 15.7 Å². The molecule has 1 amide bonds. The number of anilines is 1. The van der Waals surface area contributed by atoms with Crippen LogP contribution >= 0.6 is 27.5 Å². The van der Waals surface area contributed by atoms with Gasteiger partial charge in [-0.1, -0.05) is 33.6 Å². The van der Waals surface area contributed by atoms with Gasteiger partial charge in [0.2, 0.25) is 0 Å². The average Bonchev–Trinajstić information content (AvgIpc) is 2.41. The first-order chi connectivity index (χ1) is 9.95. The standard InChI is InChI=1S/C16H15BrClNO2/c1-10-8-12(17)6-7-15(10)19-16(20)11(2)21-14-5-3-4-13(18)9-14/h3-9,11H,1-2H3,(H,19,20)/t11-/m0/s1. The van der Waals surface area contributed by atoms with Crippen LogP contribution < -0.4 is 10.1 Å². The number of benzene rings is 2. The van der Waals surface area contributed by atoms with E-state index in [1.165, 1.54) is 0 Å². The van der Waals surface area contributed by atoms with E-state index in [2.05, 4.69) is 21.2 Å². The van der Waals surface area contributed by atoms with Gasteiger partial charge in [-0.05, 0) is 55.8 Å². The highest BCUT2D eigenvalue weighted by Crippen LogP contribution is 2.21. The molecule has 110 valence electrons. The molecule has 0 fully saturated rings. The first-order valence-electron chi connectivity index (χ1n) is 6.45. The average molecular weight is 369 g/mol. The minimum atomic E-state index is -0.619. The Morgan fingerprint density at radius 3 is 2.71 bits per heavy atom. The van der Waals surface area contributed by atoms with Gasteiger partial charge >= 0.3 is 0 Å². The maximum atomic E-state index is 12.2. The lowest BCUT2D eigenvalue weighted by Crippen LogP contribution is -2.30. The molecular weight excluding hydrogens is 354 g/mol. The monoisotopic (exact) mass is 367 g/mol. The summed E-state index contributed by atoms with van der Waals surface area (Å²) in [6.07, 6.45) is -0.619. The smallest absolute Gasteiger partial charge is 0.265 e. The number of ether oxygens (including phenoxy) is 1. The summed E-state index contributed by atoms with van der Waals surface area (Å²) >= 11 is 9.28. The Hall–Kier alpha value is -1.52. The van der Waals surface area contributed by atoms with Crippen LogP contribution in [0, 0.1) is 6.92 Å². The predicted octanol–water partition coefficient (Wildman–Crippen LogP) is 4.82.